The number of aryl methyl sites for hydroxylation is 5. The Morgan fingerprint density at radius 2 is 1.07 bits per heavy atom. The zero-order valence-electron chi connectivity index (χ0n) is 61.4. The molecule has 0 bridgehead atoms. The number of H-pyrrole nitrogens is 1. The molecule has 0 aliphatic heterocycles. The van der Waals surface area contributed by atoms with Crippen molar-refractivity contribution in [3.63, 3.8) is 0 Å². The normalized spacial score (nSPS) is 10.6. The van der Waals surface area contributed by atoms with Crippen molar-refractivity contribution in [3.05, 3.63) is 356 Å². The van der Waals surface area contributed by atoms with Crippen molar-refractivity contribution in [1.82, 2.24) is 28.0 Å². The molecule has 0 unspecified atom stereocenters. The zero-order chi connectivity index (χ0) is 77.7. The molecule has 8 aromatic carbocycles. The molecule has 7 aromatic heterocycles. The first kappa shape index (κ1) is 78.2. The third kappa shape index (κ3) is 19.3. The molecule has 0 amide bonds. The fraction of sp³-hybridized carbons (Fsp3) is 0.138. The summed E-state index contributed by atoms with van der Waals surface area (Å²) in [6.07, 6.45) is 4.59. The minimum Gasteiger partial charge on any atom is -0.497 e. The number of hydrogen-bond acceptors (Lipinski definition) is 14. The fourth-order valence-corrected chi connectivity index (χ4v) is 11.4. The third-order valence-corrected chi connectivity index (χ3v) is 17.2. The predicted molar refractivity (Wildman–Crippen MR) is 433 cm³/mol. The molecule has 0 aliphatic rings. The molecule has 0 atom stereocenters. The summed E-state index contributed by atoms with van der Waals surface area (Å²) in [5, 5.41) is 15.4. The van der Waals surface area contributed by atoms with Gasteiger partial charge in [-0.2, -0.15) is 0 Å². The first-order valence-corrected chi connectivity index (χ1v) is 34.2. The van der Waals surface area contributed by atoms with Gasteiger partial charge in [0.2, 0.25) is 5.56 Å². The summed E-state index contributed by atoms with van der Waals surface area (Å²) < 4.78 is 23.4. The van der Waals surface area contributed by atoms with Crippen molar-refractivity contribution in [2.75, 3.05) is 39.3 Å². The van der Waals surface area contributed by atoms with Crippen LogP contribution in [0.25, 0.3) is 88.7 Å². The van der Waals surface area contributed by atoms with Crippen LogP contribution in [0.4, 0.5) is 5.69 Å². The van der Waals surface area contributed by atoms with Crippen molar-refractivity contribution in [2.24, 2.45) is 21.1 Å². The number of pyridine rings is 6. The lowest BCUT2D eigenvalue weighted by atomic mass is 10.1. The zero-order valence-corrected chi connectivity index (χ0v) is 61.4. The summed E-state index contributed by atoms with van der Waals surface area (Å²) in [6, 6.07) is 72.6. The highest BCUT2D eigenvalue weighted by molar-refractivity contribution is 6.08. The van der Waals surface area contributed by atoms with Gasteiger partial charge >= 0.3 is 11.6 Å². The number of ether oxygens (including phenoxy) is 2. The number of nitrogens with one attached hydrogen (secondary N) is 1. The Bertz CT molecular complexity index is 6280. The van der Waals surface area contributed by atoms with Gasteiger partial charge in [-0.1, -0.05) is 127 Å². The molecular formula is C87H81N7O14. The molecule has 21 nitrogen and oxygen atoms in total. The number of methoxy groups -OCH3 is 1. The Morgan fingerprint density at radius 1 is 0.519 bits per heavy atom. The molecule has 0 spiro atoms. The van der Waals surface area contributed by atoms with Crippen LogP contribution < -0.4 is 58.2 Å². The average Bonchev–Trinajstić information content (AvgIpc) is 0.763. The highest BCUT2D eigenvalue weighted by Crippen LogP contribution is 2.25. The van der Waals surface area contributed by atoms with Gasteiger partial charge < -0.3 is 47.4 Å². The van der Waals surface area contributed by atoms with Gasteiger partial charge in [0.15, 0.2) is 5.78 Å². The molecule has 0 aliphatic carbocycles. The van der Waals surface area contributed by atoms with E-state index in [4.69, 9.17) is 23.8 Å². The predicted octanol–water partition coefficient (Wildman–Crippen LogP) is 14.2. The van der Waals surface area contributed by atoms with E-state index in [2.05, 4.69) is 11.6 Å². The maximum Gasteiger partial charge on any atom is 0.347 e. The Balaban J connectivity index is 0.000000147. The summed E-state index contributed by atoms with van der Waals surface area (Å²) in [7, 11) is 10.7. The molecular weight excluding hydrogens is 1370 g/mol. The van der Waals surface area contributed by atoms with E-state index in [1.807, 2.05) is 198 Å². The molecule has 0 saturated heterocycles. The number of anilines is 1. The number of benzene rings is 8. The number of nitrogens with zero attached hydrogens (tertiary/aromatic N) is 6. The number of para-hydroxylation sites is 4. The minimum atomic E-state index is -1.08. The summed E-state index contributed by atoms with van der Waals surface area (Å²) >= 11 is 0. The second-order valence-electron chi connectivity index (χ2n) is 24.5. The van der Waals surface area contributed by atoms with Crippen LogP contribution >= 0.6 is 0 Å². The van der Waals surface area contributed by atoms with Crippen LogP contribution in [-0.4, -0.2) is 79.3 Å². The molecule has 15 aromatic rings. The topological polar surface area (TPSA) is 258 Å². The van der Waals surface area contributed by atoms with E-state index in [0.717, 1.165) is 77.4 Å². The minimum absolute atomic E-state index is 0.0102. The number of aromatic nitrogens is 6. The van der Waals surface area contributed by atoms with Crippen LogP contribution in [0.3, 0.4) is 0 Å². The molecule has 0 fully saturated rings. The highest BCUT2D eigenvalue weighted by Gasteiger charge is 2.14. The van der Waals surface area contributed by atoms with Gasteiger partial charge in [-0.3, -0.25) is 38.1 Å². The number of carbonyl (C=O) groups excluding carboxylic acids is 1. The number of aromatic amines is 1. The van der Waals surface area contributed by atoms with E-state index < -0.39 is 11.6 Å². The summed E-state index contributed by atoms with van der Waals surface area (Å²) in [6.45, 7) is 12.5. The van der Waals surface area contributed by atoms with E-state index >= 15 is 0 Å². The lowest BCUT2D eigenvalue weighted by molar-refractivity contribution is 0.0698. The first-order chi connectivity index (χ1) is 51.9. The number of fused-ring (bicyclic) bond motifs is 7. The Kier molecular flexibility index (Phi) is 26.4. The van der Waals surface area contributed by atoms with Crippen molar-refractivity contribution >= 4 is 106 Å². The number of hydrogen-bond donors (Lipinski definition) is 2. The van der Waals surface area contributed by atoms with Crippen LogP contribution in [0.1, 0.15) is 51.3 Å². The van der Waals surface area contributed by atoms with Gasteiger partial charge in [0.1, 0.15) is 29.3 Å². The number of rotatable bonds is 11. The van der Waals surface area contributed by atoms with Crippen LogP contribution in [0.15, 0.2) is 293 Å². The lowest BCUT2D eigenvalue weighted by Crippen LogP contribution is -2.26. The maximum atomic E-state index is 12.3. The van der Waals surface area contributed by atoms with Gasteiger partial charge in [-0.05, 0) is 147 Å². The Labute approximate surface area is 619 Å². The number of carboxylic acid groups (broad SMARTS) is 1. The maximum absolute atomic E-state index is 12.3. The molecule has 548 valence electrons. The van der Waals surface area contributed by atoms with Crippen molar-refractivity contribution in [3.8, 4) is 11.5 Å². The smallest absolute Gasteiger partial charge is 0.347 e. The van der Waals surface area contributed by atoms with Crippen LogP contribution in [0.2, 0.25) is 0 Å². The van der Waals surface area contributed by atoms with E-state index in [1.165, 1.54) is 57.0 Å². The molecule has 2 N–H and O–H groups in total. The van der Waals surface area contributed by atoms with Gasteiger partial charge in [-0.25, -0.2) is 9.59 Å². The van der Waals surface area contributed by atoms with Crippen LogP contribution in [-0.2, 0) is 21.1 Å². The second kappa shape index (κ2) is 36.5. The molecule has 15 rings (SSSR count). The summed E-state index contributed by atoms with van der Waals surface area (Å²) in [4.78, 5) is 114. The summed E-state index contributed by atoms with van der Waals surface area (Å²) in [5.41, 5.74) is 8.64. The lowest BCUT2D eigenvalue weighted by Gasteiger charge is -2.12. The Hall–Kier alpha value is -14.0. The van der Waals surface area contributed by atoms with E-state index in [0.29, 0.717) is 46.6 Å². The molecule has 7 heterocycles. The van der Waals surface area contributed by atoms with Crippen LogP contribution in [0.5, 0.6) is 11.5 Å². The SMILES string of the molecule is C=Cn1c(=O)ccc2ccccc21.CCOc1cc(=O)n(C)c2ccccc12.CCOn1c(=O)ccc2ccccc21.CN(C)c1ccc2ccc(=O)[nH]c2c1.COc1ccc2cc(C(=O)/C=C/c3ccc(C)cc3)c(=O)oc2c1.Cc1cccc2c1ccc(=O)n2C.Cn1c(=O)cc(C(=O)O)c2ccccc21. The van der Waals surface area contributed by atoms with E-state index in [1.54, 1.807) is 103 Å². The molecule has 108 heavy (non-hydrogen) atoms. The number of aromatic carboxylic acids is 1. The van der Waals surface area contributed by atoms with Gasteiger partial charge in [0, 0.05) is 117 Å². The Morgan fingerprint density at radius 3 is 1.72 bits per heavy atom. The number of carbonyl (C=O) groups is 2. The molecule has 21 heteroatoms. The number of carboxylic acids is 1. The highest BCUT2D eigenvalue weighted by atomic mass is 16.7. The van der Waals surface area contributed by atoms with Crippen LogP contribution in [0, 0.1) is 13.8 Å². The third-order valence-electron chi connectivity index (χ3n) is 17.2. The first-order valence-electron chi connectivity index (χ1n) is 34.2. The second-order valence-corrected chi connectivity index (χ2v) is 24.5. The molecule has 0 saturated carbocycles. The fourth-order valence-electron chi connectivity index (χ4n) is 11.4. The monoisotopic (exact) mass is 1450 g/mol. The van der Waals surface area contributed by atoms with Gasteiger partial charge in [0.05, 0.1) is 52.4 Å². The summed E-state index contributed by atoms with van der Waals surface area (Å²) in [5.74, 6) is -0.217. The van der Waals surface area contributed by atoms with Crippen molar-refractivity contribution in [1.29, 1.82) is 0 Å². The standard InChI is InChI=1S/C20H16O4.C12H13NO2.C11H12N2O.C11H9NO3.C11H11NO2.C11H11NO.C11H9NO/c1-13-3-5-14(6-4-13)7-10-18(21)17-11-15-8-9-16(23-2)12-19(15)24-20(17)22;1-3-15-11-8-12(14)13(2)10-7-5-4-6-9(10)11;1-13(2)9-5-3-8-4-6-11(14)12-10(8)7-9;1-12-9-5-3-2-4-7(9)8(11(14)15)6-10(12)13;1-2-14-12-10-6-4-3-5-9(10)7-8-11(12)13;1-8-4-3-5-10-9(8)6-7-11(13)12(10)2;1-2-12-10-6-4-3-5-9(10)7-8-11(12)13/h3-12H,1-2H3;4-8H,3H2,1-2H3;3-7H,1-2H3,(H,12,14);2-6H,1H3,(H,14,15);3-8H,2H2,1H3;3-7H,1-2H3;2-8H,1H2/b10-7+;;;;;;. The number of ketones is 1. The van der Waals surface area contributed by atoms with E-state index in [9.17, 15) is 43.2 Å². The van der Waals surface area contributed by atoms with E-state index in [-0.39, 0.29) is 50.3 Å². The van der Waals surface area contributed by atoms with Crippen molar-refractivity contribution in [2.45, 2.75) is 27.7 Å². The van der Waals surface area contributed by atoms with Gasteiger partial charge in [-0.15, -0.1) is 4.73 Å². The molecule has 0 radical (unpaired) electrons. The number of allylic oxidation sites excluding steroid dienone is 1. The largest absolute Gasteiger partial charge is 0.497 e. The van der Waals surface area contributed by atoms with Gasteiger partial charge in [0.25, 0.3) is 27.8 Å². The average molecular weight is 1450 g/mol. The van der Waals surface area contributed by atoms with Crippen molar-refractivity contribution < 1.29 is 33.4 Å². The quantitative estimate of drug-likeness (QED) is 0.0693.